The fourth-order valence-electron chi connectivity index (χ4n) is 3.77. The Kier molecular flexibility index (Phi) is 3.96. The zero-order valence-electron chi connectivity index (χ0n) is 15.2. The van der Waals surface area contributed by atoms with E-state index < -0.39 is 0 Å². The van der Waals surface area contributed by atoms with E-state index in [4.69, 9.17) is 0 Å². The number of carbonyl (C=O) groups excluding carboxylic acids is 1. The van der Waals surface area contributed by atoms with E-state index in [1.54, 1.807) is 17.3 Å². The predicted molar refractivity (Wildman–Crippen MR) is 105 cm³/mol. The Morgan fingerprint density at radius 3 is 2.42 bits per heavy atom. The molecule has 0 aliphatic carbocycles. The molecule has 130 valence electrons. The van der Waals surface area contributed by atoms with Crippen LogP contribution >= 0.6 is 0 Å². The lowest BCUT2D eigenvalue weighted by molar-refractivity contribution is 0.0993. The van der Waals surface area contributed by atoms with Gasteiger partial charge in [0.25, 0.3) is 5.91 Å². The van der Waals surface area contributed by atoms with Crippen LogP contribution in [0.5, 0.6) is 0 Å². The fraction of sp³-hybridized carbons (Fsp3) is 0.182. The van der Waals surface area contributed by atoms with Gasteiger partial charge in [-0.25, -0.2) is 0 Å². The number of benzene rings is 2. The molecule has 1 amide bonds. The van der Waals surface area contributed by atoms with Crippen molar-refractivity contribution in [2.24, 2.45) is 0 Å². The monoisotopic (exact) mass is 343 g/mol. The number of anilines is 2. The average molecular weight is 343 g/mol. The number of carbonyl (C=O) groups is 1. The second-order valence-electron chi connectivity index (χ2n) is 6.79. The number of nitrogens with zero attached hydrogens (tertiary/aromatic N) is 2. The van der Waals surface area contributed by atoms with Gasteiger partial charge in [-0.2, -0.15) is 0 Å². The van der Waals surface area contributed by atoms with Crippen molar-refractivity contribution in [1.82, 2.24) is 4.98 Å². The van der Waals surface area contributed by atoms with Gasteiger partial charge in [0, 0.05) is 23.0 Å². The number of hydrogen-bond acceptors (Lipinski definition) is 3. The molecule has 3 aromatic rings. The molecule has 0 spiro atoms. The van der Waals surface area contributed by atoms with Crippen molar-refractivity contribution in [3.63, 3.8) is 0 Å². The second-order valence-corrected chi connectivity index (χ2v) is 6.79. The molecule has 0 saturated heterocycles. The molecule has 1 atom stereocenters. The van der Waals surface area contributed by atoms with Crippen LogP contribution in [0.25, 0.3) is 0 Å². The largest absolute Gasteiger partial charge is 0.361 e. The highest BCUT2D eigenvalue weighted by Gasteiger charge is 2.38. The summed E-state index contributed by atoms with van der Waals surface area (Å²) in [4.78, 5) is 19.1. The first kappa shape index (κ1) is 16.3. The smallest absolute Gasteiger partial charge is 0.260 e. The third-order valence-electron chi connectivity index (χ3n) is 4.84. The molecule has 2 aromatic carbocycles. The molecule has 2 heterocycles. The Labute approximate surface area is 153 Å². The first-order valence-electron chi connectivity index (χ1n) is 8.73. The third-order valence-corrected chi connectivity index (χ3v) is 4.84. The SMILES string of the molecule is Cc1cc(C)c(NC2c3ccccc3C(=O)N2c2cccnc2)c(C)c1. The maximum Gasteiger partial charge on any atom is 0.260 e. The molecule has 4 heteroatoms. The van der Waals surface area contributed by atoms with Gasteiger partial charge in [0.2, 0.25) is 0 Å². The molecule has 4 rings (SSSR count). The van der Waals surface area contributed by atoms with Crippen LogP contribution in [0.2, 0.25) is 0 Å². The van der Waals surface area contributed by atoms with Gasteiger partial charge in [-0.3, -0.25) is 14.7 Å². The molecule has 26 heavy (non-hydrogen) atoms. The minimum atomic E-state index is -0.261. The summed E-state index contributed by atoms with van der Waals surface area (Å²) in [6, 6.07) is 15.9. The van der Waals surface area contributed by atoms with E-state index in [9.17, 15) is 4.79 Å². The van der Waals surface area contributed by atoms with Gasteiger partial charge in [-0.05, 0) is 50.1 Å². The third kappa shape index (κ3) is 2.64. The molecular weight excluding hydrogens is 322 g/mol. The molecule has 1 aromatic heterocycles. The van der Waals surface area contributed by atoms with E-state index in [0.29, 0.717) is 0 Å². The Morgan fingerprint density at radius 2 is 1.73 bits per heavy atom. The lowest BCUT2D eigenvalue weighted by atomic mass is 10.0. The van der Waals surface area contributed by atoms with Crippen LogP contribution in [0.3, 0.4) is 0 Å². The van der Waals surface area contributed by atoms with Crippen LogP contribution in [-0.2, 0) is 0 Å². The van der Waals surface area contributed by atoms with E-state index in [0.717, 1.165) is 22.5 Å². The summed E-state index contributed by atoms with van der Waals surface area (Å²) in [6.45, 7) is 6.29. The topological polar surface area (TPSA) is 45.2 Å². The van der Waals surface area contributed by atoms with E-state index >= 15 is 0 Å². The molecule has 0 bridgehead atoms. The Balaban J connectivity index is 1.82. The number of hydrogen-bond donors (Lipinski definition) is 1. The number of amides is 1. The highest BCUT2D eigenvalue weighted by Crippen LogP contribution is 2.38. The van der Waals surface area contributed by atoms with E-state index in [1.165, 1.54) is 16.7 Å². The molecular formula is C22H21N3O. The van der Waals surface area contributed by atoms with Crippen LogP contribution in [0.1, 0.15) is 38.8 Å². The highest BCUT2D eigenvalue weighted by atomic mass is 16.2. The first-order valence-corrected chi connectivity index (χ1v) is 8.73. The van der Waals surface area contributed by atoms with Crippen molar-refractivity contribution in [1.29, 1.82) is 0 Å². The van der Waals surface area contributed by atoms with E-state index in [-0.39, 0.29) is 12.1 Å². The zero-order valence-corrected chi connectivity index (χ0v) is 15.2. The zero-order chi connectivity index (χ0) is 18.3. The summed E-state index contributed by atoms with van der Waals surface area (Å²) in [5.41, 5.74) is 7.15. The van der Waals surface area contributed by atoms with Crippen LogP contribution in [0, 0.1) is 20.8 Å². The van der Waals surface area contributed by atoms with Gasteiger partial charge >= 0.3 is 0 Å². The van der Waals surface area contributed by atoms with Gasteiger partial charge in [-0.15, -0.1) is 0 Å². The van der Waals surface area contributed by atoms with Gasteiger partial charge in [0.05, 0.1) is 11.9 Å². The van der Waals surface area contributed by atoms with E-state index in [1.807, 2.05) is 36.4 Å². The van der Waals surface area contributed by atoms with Gasteiger partial charge in [0.15, 0.2) is 0 Å². The standard InChI is InChI=1S/C22H21N3O/c1-14-11-15(2)20(16(3)12-14)24-21-18-8-4-5-9-19(18)22(26)25(21)17-7-6-10-23-13-17/h4-13,21,24H,1-3H3. The lowest BCUT2D eigenvalue weighted by Crippen LogP contribution is -2.32. The number of aryl methyl sites for hydroxylation is 3. The average Bonchev–Trinajstić information content (AvgIpc) is 2.91. The van der Waals surface area contributed by atoms with Crippen LogP contribution < -0.4 is 10.2 Å². The number of aromatic nitrogens is 1. The Morgan fingerprint density at radius 1 is 1.00 bits per heavy atom. The summed E-state index contributed by atoms with van der Waals surface area (Å²) < 4.78 is 0. The quantitative estimate of drug-likeness (QED) is 0.744. The van der Waals surface area contributed by atoms with Crippen molar-refractivity contribution < 1.29 is 4.79 Å². The highest BCUT2D eigenvalue weighted by molar-refractivity contribution is 6.11. The van der Waals surface area contributed by atoms with E-state index in [2.05, 4.69) is 43.2 Å². The second kappa shape index (κ2) is 6.30. The molecule has 4 nitrogen and oxygen atoms in total. The van der Waals surface area contributed by atoms with Crippen LogP contribution in [0.4, 0.5) is 11.4 Å². The molecule has 1 unspecified atom stereocenters. The predicted octanol–water partition coefficient (Wildman–Crippen LogP) is 4.78. The minimum absolute atomic E-state index is 0.00600. The summed E-state index contributed by atoms with van der Waals surface area (Å²) in [6.07, 6.45) is 3.18. The molecule has 1 aliphatic rings. The van der Waals surface area contributed by atoms with Crippen molar-refractivity contribution in [2.75, 3.05) is 10.2 Å². The summed E-state index contributed by atoms with van der Waals surface area (Å²) in [5.74, 6) is -0.00600. The van der Waals surface area contributed by atoms with Gasteiger partial charge in [-0.1, -0.05) is 35.9 Å². The van der Waals surface area contributed by atoms with Crippen molar-refractivity contribution in [2.45, 2.75) is 26.9 Å². The van der Waals surface area contributed by atoms with Crippen molar-refractivity contribution in [3.8, 4) is 0 Å². The maximum absolute atomic E-state index is 13.1. The van der Waals surface area contributed by atoms with Crippen LogP contribution in [0.15, 0.2) is 60.9 Å². The molecule has 0 radical (unpaired) electrons. The van der Waals surface area contributed by atoms with Crippen molar-refractivity contribution >= 4 is 17.3 Å². The van der Waals surface area contributed by atoms with Crippen LogP contribution in [-0.4, -0.2) is 10.9 Å². The maximum atomic E-state index is 13.1. The Hall–Kier alpha value is -3.14. The number of pyridine rings is 1. The minimum Gasteiger partial charge on any atom is -0.361 e. The number of rotatable bonds is 3. The lowest BCUT2D eigenvalue weighted by Gasteiger charge is -2.28. The molecule has 0 fully saturated rings. The fourth-order valence-corrected chi connectivity index (χ4v) is 3.77. The normalized spacial score (nSPS) is 15.9. The Bertz CT molecular complexity index is 959. The number of fused-ring (bicyclic) bond motifs is 1. The summed E-state index contributed by atoms with van der Waals surface area (Å²) >= 11 is 0. The molecule has 1 N–H and O–H groups in total. The summed E-state index contributed by atoms with van der Waals surface area (Å²) in [7, 11) is 0. The molecule has 0 saturated carbocycles. The number of nitrogens with one attached hydrogen (secondary N) is 1. The van der Waals surface area contributed by atoms with Gasteiger partial charge in [0.1, 0.15) is 6.17 Å². The van der Waals surface area contributed by atoms with Gasteiger partial charge < -0.3 is 5.32 Å². The summed E-state index contributed by atoms with van der Waals surface area (Å²) in [5, 5.41) is 3.62. The first-order chi connectivity index (χ1) is 12.6. The molecule has 1 aliphatic heterocycles. The van der Waals surface area contributed by atoms with Crippen molar-refractivity contribution in [3.05, 3.63) is 88.7 Å².